The molecular formula is C22H24N2O3. The Balaban J connectivity index is 1.78. The van der Waals surface area contributed by atoms with Gasteiger partial charge in [0.25, 0.3) is 0 Å². The zero-order chi connectivity index (χ0) is 18.8. The minimum atomic E-state index is 0.0478. The quantitative estimate of drug-likeness (QED) is 0.906. The van der Waals surface area contributed by atoms with E-state index in [-0.39, 0.29) is 5.91 Å². The summed E-state index contributed by atoms with van der Waals surface area (Å²) >= 11 is 0. The third kappa shape index (κ3) is 3.37. The van der Waals surface area contributed by atoms with Crippen LogP contribution in [0.25, 0.3) is 5.70 Å². The molecule has 0 radical (unpaired) electrons. The zero-order valence-corrected chi connectivity index (χ0v) is 15.7. The van der Waals surface area contributed by atoms with E-state index in [1.165, 1.54) is 5.56 Å². The molecule has 2 aromatic carbocycles. The second kappa shape index (κ2) is 7.35. The molecule has 0 fully saturated rings. The Bertz CT molecular complexity index is 904. The number of nitrogens with zero attached hydrogens (tertiary/aromatic N) is 1. The van der Waals surface area contributed by atoms with Gasteiger partial charge in [-0.05, 0) is 48.2 Å². The van der Waals surface area contributed by atoms with Crippen LogP contribution in [-0.4, -0.2) is 38.1 Å². The largest absolute Gasteiger partial charge is 0.497 e. The summed E-state index contributed by atoms with van der Waals surface area (Å²) in [6.07, 6.45) is 1.63. The molecule has 5 heteroatoms. The van der Waals surface area contributed by atoms with Gasteiger partial charge in [-0.3, -0.25) is 4.79 Å². The molecule has 5 nitrogen and oxygen atoms in total. The van der Waals surface area contributed by atoms with Crippen LogP contribution in [0, 0.1) is 0 Å². The van der Waals surface area contributed by atoms with Crippen molar-refractivity contribution in [1.82, 2.24) is 10.2 Å². The molecule has 1 aliphatic heterocycles. The predicted octanol–water partition coefficient (Wildman–Crippen LogP) is 2.99. The minimum Gasteiger partial charge on any atom is -0.497 e. The molecular weight excluding hydrogens is 340 g/mol. The second-order valence-corrected chi connectivity index (χ2v) is 6.88. The fourth-order valence-corrected chi connectivity index (χ4v) is 3.92. The van der Waals surface area contributed by atoms with E-state index in [1.807, 2.05) is 18.2 Å². The van der Waals surface area contributed by atoms with E-state index >= 15 is 0 Å². The number of carbonyl (C=O) groups excluding carboxylic acids is 1. The van der Waals surface area contributed by atoms with Gasteiger partial charge >= 0.3 is 0 Å². The maximum Gasteiger partial charge on any atom is 0.249 e. The van der Waals surface area contributed by atoms with Gasteiger partial charge in [-0.15, -0.1) is 0 Å². The Morgan fingerprint density at radius 1 is 1.04 bits per heavy atom. The topological polar surface area (TPSA) is 50.8 Å². The Hall–Kier alpha value is -2.95. The van der Waals surface area contributed by atoms with Crippen LogP contribution < -0.4 is 14.8 Å². The van der Waals surface area contributed by atoms with E-state index in [2.05, 4.69) is 34.5 Å². The Labute approximate surface area is 159 Å². The van der Waals surface area contributed by atoms with Gasteiger partial charge in [-0.2, -0.15) is 0 Å². The molecule has 2 aliphatic rings. The highest BCUT2D eigenvalue weighted by molar-refractivity contribution is 6.02. The van der Waals surface area contributed by atoms with Crippen LogP contribution in [0.5, 0.6) is 11.5 Å². The van der Waals surface area contributed by atoms with Crippen molar-refractivity contribution in [2.45, 2.75) is 19.4 Å². The first kappa shape index (κ1) is 17.5. The van der Waals surface area contributed by atoms with Gasteiger partial charge < -0.3 is 19.7 Å². The molecule has 4 rings (SSSR count). The molecule has 0 atom stereocenters. The molecule has 1 N–H and O–H groups in total. The fraction of sp³-hybridized carbons (Fsp3) is 0.318. The van der Waals surface area contributed by atoms with Gasteiger partial charge in [0.2, 0.25) is 5.91 Å². The molecule has 1 aliphatic carbocycles. The van der Waals surface area contributed by atoms with Gasteiger partial charge in [0, 0.05) is 30.8 Å². The number of ether oxygens (including phenoxy) is 2. The van der Waals surface area contributed by atoms with Gasteiger partial charge in [-0.25, -0.2) is 0 Å². The van der Waals surface area contributed by atoms with Crippen LogP contribution in [0.1, 0.15) is 23.1 Å². The van der Waals surface area contributed by atoms with E-state index in [0.717, 1.165) is 59.8 Å². The number of methoxy groups -OCH3 is 2. The SMILES string of the molecule is COc1cccc(CN2CCNC(=O)C3=C2c2cc(OC)ccc2CC3)c1. The van der Waals surface area contributed by atoms with Gasteiger partial charge in [-0.1, -0.05) is 18.2 Å². The molecule has 2 aromatic rings. The Morgan fingerprint density at radius 3 is 2.67 bits per heavy atom. The van der Waals surface area contributed by atoms with Crippen LogP contribution in [0.2, 0.25) is 0 Å². The Morgan fingerprint density at radius 2 is 1.85 bits per heavy atom. The van der Waals surface area contributed by atoms with Crippen molar-refractivity contribution in [3.8, 4) is 11.5 Å². The lowest BCUT2D eigenvalue weighted by atomic mass is 9.88. The molecule has 0 saturated heterocycles. The van der Waals surface area contributed by atoms with Crippen molar-refractivity contribution in [3.63, 3.8) is 0 Å². The molecule has 0 bridgehead atoms. The summed E-state index contributed by atoms with van der Waals surface area (Å²) in [7, 11) is 3.35. The molecule has 0 spiro atoms. The van der Waals surface area contributed by atoms with Gasteiger partial charge in [0.1, 0.15) is 11.5 Å². The first-order valence-electron chi connectivity index (χ1n) is 9.26. The third-order valence-corrected chi connectivity index (χ3v) is 5.27. The average Bonchev–Trinajstić information content (AvgIpc) is 2.86. The molecule has 1 amide bonds. The van der Waals surface area contributed by atoms with Crippen molar-refractivity contribution >= 4 is 11.6 Å². The Kier molecular flexibility index (Phi) is 4.75. The van der Waals surface area contributed by atoms with Gasteiger partial charge in [0.05, 0.1) is 19.9 Å². The summed E-state index contributed by atoms with van der Waals surface area (Å²) in [4.78, 5) is 15.0. The van der Waals surface area contributed by atoms with Crippen LogP contribution >= 0.6 is 0 Å². The fourth-order valence-electron chi connectivity index (χ4n) is 3.92. The number of hydrogen-bond donors (Lipinski definition) is 1. The second-order valence-electron chi connectivity index (χ2n) is 6.88. The van der Waals surface area contributed by atoms with Crippen molar-refractivity contribution < 1.29 is 14.3 Å². The maximum atomic E-state index is 12.7. The minimum absolute atomic E-state index is 0.0478. The van der Waals surface area contributed by atoms with E-state index in [4.69, 9.17) is 9.47 Å². The lowest BCUT2D eigenvalue weighted by Gasteiger charge is -2.31. The zero-order valence-electron chi connectivity index (χ0n) is 15.7. The number of carbonyl (C=O) groups is 1. The van der Waals surface area contributed by atoms with E-state index in [0.29, 0.717) is 6.54 Å². The first-order chi connectivity index (χ1) is 13.2. The lowest BCUT2D eigenvalue weighted by Crippen LogP contribution is -2.29. The van der Waals surface area contributed by atoms with Crippen LogP contribution in [-0.2, 0) is 17.8 Å². The smallest absolute Gasteiger partial charge is 0.249 e. The highest BCUT2D eigenvalue weighted by Crippen LogP contribution is 2.37. The lowest BCUT2D eigenvalue weighted by molar-refractivity contribution is -0.117. The number of aryl methyl sites for hydroxylation is 1. The molecule has 0 unspecified atom stereocenters. The van der Waals surface area contributed by atoms with Crippen LogP contribution in [0.4, 0.5) is 0 Å². The highest BCUT2D eigenvalue weighted by Gasteiger charge is 2.30. The summed E-state index contributed by atoms with van der Waals surface area (Å²) in [6, 6.07) is 14.3. The summed E-state index contributed by atoms with van der Waals surface area (Å²) in [5.74, 6) is 1.71. The normalized spacial score (nSPS) is 16.2. The van der Waals surface area contributed by atoms with E-state index in [1.54, 1.807) is 14.2 Å². The molecule has 0 aromatic heterocycles. The summed E-state index contributed by atoms with van der Waals surface area (Å²) in [5, 5.41) is 3.05. The molecule has 0 saturated carbocycles. The van der Waals surface area contributed by atoms with Crippen molar-refractivity contribution in [1.29, 1.82) is 0 Å². The third-order valence-electron chi connectivity index (χ3n) is 5.27. The number of hydrogen-bond acceptors (Lipinski definition) is 4. The monoisotopic (exact) mass is 364 g/mol. The van der Waals surface area contributed by atoms with E-state index < -0.39 is 0 Å². The number of fused-ring (bicyclic) bond motifs is 2. The van der Waals surface area contributed by atoms with E-state index in [9.17, 15) is 4.79 Å². The average molecular weight is 364 g/mol. The number of rotatable bonds is 4. The summed E-state index contributed by atoms with van der Waals surface area (Å²) < 4.78 is 10.8. The highest BCUT2D eigenvalue weighted by atomic mass is 16.5. The van der Waals surface area contributed by atoms with Crippen molar-refractivity contribution in [2.24, 2.45) is 0 Å². The number of nitrogens with one attached hydrogen (secondary N) is 1. The summed E-state index contributed by atoms with van der Waals surface area (Å²) in [5.41, 5.74) is 5.44. The van der Waals surface area contributed by atoms with Crippen LogP contribution in [0.3, 0.4) is 0 Å². The van der Waals surface area contributed by atoms with Crippen molar-refractivity contribution in [3.05, 3.63) is 64.7 Å². The van der Waals surface area contributed by atoms with Crippen LogP contribution in [0.15, 0.2) is 48.0 Å². The standard InChI is InChI=1S/C22H24N2O3/c1-26-17-5-3-4-15(12-17)14-24-11-10-23-22(25)19-9-7-16-6-8-18(27-2)13-20(16)21(19)24/h3-6,8,12-13H,7,9-11,14H2,1-2H3,(H,23,25). The number of amides is 1. The predicted molar refractivity (Wildman–Crippen MR) is 105 cm³/mol. The first-order valence-corrected chi connectivity index (χ1v) is 9.26. The van der Waals surface area contributed by atoms with Crippen molar-refractivity contribution in [2.75, 3.05) is 27.3 Å². The molecule has 140 valence electrons. The molecule has 27 heavy (non-hydrogen) atoms. The molecule has 1 heterocycles. The maximum absolute atomic E-state index is 12.7. The summed E-state index contributed by atoms with van der Waals surface area (Å²) in [6.45, 7) is 2.12. The van der Waals surface area contributed by atoms with Gasteiger partial charge in [0.15, 0.2) is 0 Å². The number of benzene rings is 2.